The van der Waals surface area contributed by atoms with Gasteiger partial charge < -0.3 is 4.90 Å². The Kier molecular flexibility index (Phi) is 4.19. The maximum atomic E-state index is 4.67. The Labute approximate surface area is 143 Å². The molecule has 0 bridgehead atoms. The van der Waals surface area contributed by atoms with Crippen LogP contribution >= 0.6 is 0 Å². The van der Waals surface area contributed by atoms with E-state index in [0.29, 0.717) is 5.41 Å². The zero-order valence-electron chi connectivity index (χ0n) is 14.4. The maximum absolute atomic E-state index is 4.67. The second-order valence-corrected chi connectivity index (χ2v) is 7.30. The van der Waals surface area contributed by atoms with Crippen LogP contribution in [0.2, 0.25) is 0 Å². The molecule has 1 atom stereocenters. The third-order valence-electron chi connectivity index (χ3n) is 5.35. The maximum Gasteiger partial charge on any atom is 0.225 e. The molecule has 0 aromatic carbocycles. The summed E-state index contributed by atoms with van der Waals surface area (Å²) in [5, 5.41) is 0. The summed E-state index contributed by atoms with van der Waals surface area (Å²) in [5.74, 6) is 0.881. The van der Waals surface area contributed by atoms with Crippen LogP contribution in [0.25, 0.3) is 0 Å². The van der Waals surface area contributed by atoms with Crippen LogP contribution in [0.4, 0.5) is 5.95 Å². The number of hydrogen-bond acceptors (Lipinski definition) is 5. The normalized spacial score (nSPS) is 24.6. The highest BCUT2D eigenvalue weighted by atomic mass is 15.3. The Morgan fingerprint density at radius 2 is 1.92 bits per heavy atom. The van der Waals surface area contributed by atoms with Crippen LogP contribution in [0.3, 0.4) is 0 Å². The molecule has 0 saturated carbocycles. The first-order valence-electron chi connectivity index (χ1n) is 8.89. The van der Waals surface area contributed by atoms with Crippen molar-refractivity contribution in [3.8, 4) is 0 Å². The fourth-order valence-electron chi connectivity index (χ4n) is 4.26. The third kappa shape index (κ3) is 3.26. The molecular weight excluding hydrogens is 298 g/mol. The van der Waals surface area contributed by atoms with Crippen molar-refractivity contribution in [1.82, 2.24) is 19.9 Å². The molecule has 0 N–H and O–H groups in total. The van der Waals surface area contributed by atoms with Crippen LogP contribution < -0.4 is 4.90 Å². The molecule has 0 amide bonds. The standard InChI is InChI=1S/C19H25N5/c1-16-5-2-6-17(22-16)13-23-11-3-7-19(14-23)8-12-24(15-19)18-20-9-4-10-21-18/h2,4-6,9-10H,3,7-8,11-15H2,1H3/t19-/m0/s1. The fraction of sp³-hybridized carbons (Fsp3) is 0.526. The van der Waals surface area contributed by atoms with Crippen molar-refractivity contribution in [3.63, 3.8) is 0 Å². The number of nitrogens with zero attached hydrogens (tertiary/aromatic N) is 5. The molecule has 2 aliphatic heterocycles. The zero-order valence-corrected chi connectivity index (χ0v) is 14.4. The van der Waals surface area contributed by atoms with Gasteiger partial charge in [0.15, 0.2) is 0 Å². The summed E-state index contributed by atoms with van der Waals surface area (Å²) < 4.78 is 0. The predicted octanol–water partition coefficient (Wildman–Crippen LogP) is 2.67. The molecule has 0 aliphatic carbocycles. The first kappa shape index (κ1) is 15.5. The SMILES string of the molecule is Cc1cccc(CN2CCC[C@]3(CCN(c4ncccn4)C3)C2)n1. The highest BCUT2D eigenvalue weighted by Gasteiger charge is 2.42. The van der Waals surface area contributed by atoms with Gasteiger partial charge in [0.05, 0.1) is 5.69 Å². The van der Waals surface area contributed by atoms with Crippen LogP contribution in [0.1, 0.15) is 30.7 Å². The number of likely N-dealkylation sites (tertiary alicyclic amines) is 1. The van der Waals surface area contributed by atoms with Gasteiger partial charge in [0.25, 0.3) is 0 Å². The second-order valence-electron chi connectivity index (χ2n) is 7.30. The Bertz CT molecular complexity index is 689. The van der Waals surface area contributed by atoms with Crippen molar-refractivity contribution in [2.45, 2.75) is 32.7 Å². The minimum atomic E-state index is 0.390. The number of anilines is 1. The van der Waals surface area contributed by atoms with Crippen molar-refractivity contribution < 1.29 is 0 Å². The lowest BCUT2D eigenvalue weighted by Gasteiger charge is -2.40. The molecule has 5 nitrogen and oxygen atoms in total. The summed E-state index contributed by atoms with van der Waals surface area (Å²) in [7, 11) is 0. The first-order chi connectivity index (χ1) is 11.7. The number of aromatic nitrogens is 3. The lowest BCUT2D eigenvalue weighted by Crippen LogP contribution is -2.44. The largest absolute Gasteiger partial charge is 0.340 e. The summed E-state index contributed by atoms with van der Waals surface area (Å²) in [6, 6.07) is 8.21. The topological polar surface area (TPSA) is 45.2 Å². The summed E-state index contributed by atoms with van der Waals surface area (Å²) in [4.78, 5) is 18.5. The molecule has 2 aliphatic rings. The molecule has 4 rings (SSSR count). The van der Waals surface area contributed by atoms with Crippen molar-refractivity contribution in [2.75, 3.05) is 31.1 Å². The van der Waals surface area contributed by atoms with Gasteiger partial charge in [-0.2, -0.15) is 0 Å². The van der Waals surface area contributed by atoms with Crippen molar-refractivity contribution in [1.29, 1.82) is 0 Å². The Hall–Kier alpha value is -2.01. The minimum absolute atomic E-state index is 0.390. The van der Waals surface area contributed by atoms with Crippen LogP contribution in [-0.2, 0) is 6.54 Å². The molecule has 2 saturated heterocycles. The van der Waals surface area contributed by atoms with E-state index >= 15 is 0 Å². The number of hydrogen-bond donors (Lipinski definition) is 0. The molecule has 126 valence electrons. The van der Waals surface area contributed by atoms with Crippen LogP contribution in [0, 0.1) is 12.3 Å². The number of piperidine rings is 1. The predicted molar refractivity (Wildman–Crippen MR) is 94.8 cm³/mol. The van der Waals surface area contributed by atoms with Gasteiger partial charge in [0.1, 0.15) is 0 Å². The lowest BCUT2D eigenvalue weighted by atomic mass is 9.79. The van der Waals surface area contributed by atoms with Crippen molar-refractivity contribution in [3.05, 3.63) is 48.0 Å². The average molecular weight is 323 g/mol. The van der Waals surface area contributed by atoms with Crippen LogP contribution in [0.15, 0.2) is 36.7 Å². The van der Waals surface area contributed by atoms with E-state index in [1.54, 1.807) is 0 Å². The van der Waals surface area contributed by atoms with E-state index in [9.17, 15) is 0 Å². The Balaban J connectivity index is 1.43. The van der Waals surface area contributed by atoms with E-state index in [-0.39, 0.29) is 0 Å². The summed E-state index contributed by atoms with van der Waals surface area (Å²) in [5.41, 5.74) is 2.68. The van der Waals surface area contributed by atoms with E-state index in [1.165, 1.54) is 31.5 Å². The molecule has 2 aromatic rings. The second kappa shape index (κ2) is 6.48. The van der Waals surface area contributed by atoms with E-state index in [0.717, 1.165) is 37.8 Å². The molecule has 1 spiro atoms. The van der Waals surface area contributed by atoms with Gasteiger partial charge in [-0.3, -0.25) is 9.88 Å². The molecule has 2 aromatic heterocycles. The van der Waals surface area contributed by atoms with Gasteiger partial charge in [0.2, 0.25) is 5.95 Å². The van der Waals surface area contributed by atoms with Crippen molar-refractivity contribution in [2.24, 2.45) is 5.41 Å². The molecule has 24 heavy (non-hydrogen) atoms. The van der Waals surface area contributed by atoms with Crippen LogP contribution in [0.5, 0.6) is 0 Å². The van der Waals surface area contributed by atoms with Gasteiger partial charge in [-0.15, -0.1) is 0 Å². The number of pyridine rings is 1. The van der Waals surface area contributed by atoms with Crippen molar-refractivity contribution >= 4 is 5.95 Å². The third-order valence-corrected chi connectivity index (χ3v) is 5.35. The van der Waals surface area contributed by atoms with E-state index in [4.69, 9.17) is 0 Å². The average Bonchev–Trinajstić information content (AvgIpc) is 2.99. The monoisotopic (exact) mass is 323 g/mol. The smallest absolute Gasteiger partial charge is 0.225 e. The molecule has 0 unspecified atom stereocenters. The zero-order chi connectivity index (χ0) is 16.4. The lowest BCUT2D eigenvalue weighted by molar-refractivity contribution is 0.0980. The Morgan fingerprint density at radius 1 is 1.04 bits per heavy atom. The Morgan fingerprint density at radius 3 is 2.75 bits per heavy atom. The molecule has 4 heterocycles. The minimum Gasteiger partial charge on any atom is -0.340 e. The van der Waals surface area contributed by atoms with Gasteiger partial charge >= 0.3 is 0 Å². The summed E-state index contributed by atoms with van der Waals surface area (Å²) in [6.07, 6.45) is 7.50. The fourth-order valence-corrected chi connectivity index (χ4v) is 4.26. The number of aryl methyl sites for hydroxylation is 1. The summed E-state index contributed by atoms with van der Waals surface area (Å²) in [6.45, 7) is 7.52. The first-order valence-corrected chi connectivity index (χ1v) is 8.89. The molecule has 5 heteroatoms. The van der Waals surface area contributed by atoms with Gasteiger partial charge in [-0.1, -0.05) is 6.07 Å². The number of rotatable bonds is 3. The molecule has 0 radical (unpaired) electrons. The van der Waals surface area contributed by atoms with Gasteiger partial charge in [-0.05, 0) is 50.9 Å². The van der Waals surface area contributed by atoms with E-state index in [2.05, 4.69) is 49.9 Å². The highest BCUT2D eigenvalue weighted by Crippen LogP contribution is 2.40. The molecular formula is C19H25N5. The summed E-state index contributed by atoms with van der Waals surface area (Å²) >= 11 is 0. The van der Waals surface area contributed by atoms with Gasteiger partial charge in [-0.25, -0.2) is 9.97 Å². The van der Waals surface area contributed by atoms with Gasteiger partial charge in [0, 0.05) is 49.7 Å². The van der Waals surface area contributed by atoms with E-state index in [1.807, 2.05) is 18.5 Å². The quantitative estimate of drug-likeness (QED) is 0.869. The van der Waals surface area contributed by atoms with Crippen LogP contribution in [-0.4, -0.2) is 46.0 Å². The van der Waals surface area contributed by atoms with E-state index < -0.39 is 0 Å². The molecule has 2 fully saturated rings. The highest BCUT2D eigenvalue weighted by molar-refractivity contribution is 5.32.